The minimum Gasteiger partial charge on any atom is -0.491 e. The Hall–Kier alpha value is -3.07. The van der Waals surface area contributed by atoms with Crippen molar-refractivity contribution in [3.05, 3.63) is 54.9 Å². The van der Waals surface area contributed by atoms with Crippen LogP contribution in [-0.4, -0.2) is 65.6 Å². The number of ether oxygens (including phenoxy) is 2. The molecule has 8 heteroatoms. The molecule has 1 unspecified atom stereocenters. The lowest BCUT2D eigenvalue weighted by molar-refractivity contribution is 0.0904. The molecule has 0 amide bonds. The summed E-state index contributed by atoms with van der Waals surface area (Å²) >= 11 is 0. The highest BCUT2D eigenvalue weighted by Crippen LogP contribution is 2.27. The van der Waals surface area contributed by atoms with Crippen molar-refractivity contribution in [3.8, 4) is 28.4 Å². The number of hydrogen-bond acceptors (Lipinski definition) is 8. The molecule has 1 fully saturated rings. The van der Waals surface area contributed by atoms with Gasteiger partial charge in [0.25, 0.3) is 0 Å². The predicted molar refractivity (Wildman–Crippen MR) is 124 cm³/mol. The molecule has 1 aliphatic heterocycles. The number of rotatable bonds is 9. The lowest BCUT2D eigenvalue weighted by Gasteiger charge is -2.24. The number of aliphatic hydroxyl groups excluding tert-OH is 1. The van der Waals surface area contributed by atoms with E-state index < -0.39 is 6.10 Å². The van der Waals surface area contributed by atoms with Crippen molar-refractivity contribution in [1.82, 2.24) is 20.3 Å². The Balaban J connectivity index is 1.62. The average Bonchev–Trinajstić information content (AvgIpc) is 2.84. The molecule has 1 aromatic carbocycles. The average molecular weight is 436 g/mol. The Kier molecular flexibility index (Phi) is 7.60. The van der Waals surface area contributed by atoms with Crippen LogP contribution in [0, 0.1) is 0 Å². The van der Waals surface area contributed by atoms with Crippen molar-refractivity contribution in [1.29, 1.82) is 0 Å². The second kappa shape index (κ2) is 11.0. The molecule has 0 radical (unpaired) electrons. The van der Waals surface area contributed by atoms with Crippen LogP contribution in [0.15, 0.2) is 54.9 Å². The van der Waals surface area contributed by atoms with E-state index in [9.17, 15) is 5.11 Å². The van der Waals surface area contributed by atoms with E-state index in [1.165, 1.54) is 0 Å². The fourth-order valence-electron chi connectivity index (χ4n) is 3.58. The highest BCUT2D eigenvalue weighted by Gasteiger charge is 2.16. The van der Waals surface area contributed by atoms with Gasteiger partial charge in [0.15, 0.2) is 5.82 Å². The summed E-state index contributed by atoms with van der Waals surface area (Å²) in [5, 5.41) is 16.4. The molecule has 0 saturated carbocycles. The monoisotopic (exact) mass is 435 g/mol. The molecule has 3 aromatic rings. The molecule has 1 atom stereocenters. The zero-order valence-corrected chi connectivity index (χ0v) is 18.2. The molecule has 32 heavy (non-hydrogen) atoms. The van der Waals surface area contributed by atoms with E-state index in [2.05, 4.69) is 15.6 Å². The van der Waals surface area contributed by atoms with Gasteiger partial charge in [-0.2, -0.15) is 0 Å². The summed E-state index contributed by atoms with van der Waals surface area (Å²) in [4.78, 5) is 13.7. The van der Waals surface area contributed by atoms with Crippen LogP contribution in [0.4, 0.5) is 5.82 Å². The predicted octanol–water partition coefficient (Wildman–Crippen LogP) is 2.76. The van der Waals surface area contributed by atoms with Crippen LogP contribution in [-0.2, 0) is 4.74 Å². The molecule has 3 heterocycles. The Morgan fingerprint density at radius 1 is 1.09 bits per heavy atom. The van der Waals surface area contributed by atoms with Crippen LogP contribution in [0.2, 0.25) is 0 Å². The first-order valence-corrected chi connectivity index (χ1v) is 10.9. The lowest BCUT2D eigenvalue weighted by Crippen LogP contribution is -2.29. The zero-order chi connectivity index (χ0) is 22.2. The number of likely N-dealkylation sites (N-methyl/N-ethyl adjacent to an activating group) is 1. The maximum Gasteiger partial charge on any atom is 0.162 e. The van der Waals surface area contributed by atoms with Gasteiger partial charge in [-0.1, -0.05) is 12.1 Å². The smallest absolute Gasteiger partial charge is 0.162 e. The molecule has 4 rings (SSSR count). The van der Waals surface area contributed by atoms with E-state index in [4.69, 9.17) is 19.4 Å². The highest BCUT2D eigenvalue weighted by atomic mass is 16.5. The minimum atomic E-state index is -0.573. The molecule has 1 aliphatic rings. The van der Waals surface area contributed by atoms with Gasteiger partial charge in [-0.15, -0.1) is 0 Å². The van der Waals surface area contributed by atoms with E-state index in [1.807, 2.05) is 42.5 Å². The molecule has 0 spiro atoms. The summed E-state index contributed by atoms with van der Waals surface area (Å²) in [6.45, 7) is 2.20. The van der Waals surface area contributed by atoms with Crippen molar-refractivity contribution in [3.63, 3.8) is 0 Å². The van der Waals surface area contributed by atoms with Gasteiger partial charge in [-0.25, -0.2) is 9.97 Å². The number of benzene rings is 1. The largest absolute Gasteiger partial charge is 0.491 e. The summed E-state index contributed by atoms with van der Waals surface area (Å²) < 4.78 is 11.3. The van der Waals surface area contributed by atoms with Gasteiger partial charge in [0.1, 0.15) is 24.3 Å². The van der Waals surface area contributed by atoms with Crippen molar-refractivity contribution >= 4 is 5.82 Å². The molecule has 1 saturated heterocycles. The highest BCUT2D eigenvalue weighted by molar-refractivity contribution is 5.68. The molecule has 0 aliphatic carbocycles. The number of aromatic nitrogens is 3. The van der Waals surface area contributed by atoms with Gasteiger partial charge < -0.3 is 25.2 Å². The van der Waals surface area contributed by atoms with Gasteiger partial charge in [0.2, 0.25) is 0 Å². The summed E-state index contributed by atoms with van der Waals surface area (Å²) in [5.41, 5.74) is 2.61. The van der Waals surface area contributed by atoms with Gasteiger partial charge >= 0.3 is 0 Å². The van der Waals surface area contributed by atoms with Crippen molar-refractivity contribution in [2.45, 2.75) is 25.0 Å². The van der Waals surface area contributed by atoms with E-state index in [-0.39, 0.29) is 6.61 Å². The summed E-state index contributed by atoms with van der Waals surface area (Å²) in [6.07, 6.45) is 4.80. The van der Waals surface area contributed by atoms with Crippen molar-refractivity contribution in [2.24, 2.45) is 0 Å². The maximum atomic E-state index is 9.92. The maximum absolute atomic E-state index is 9.92. The first-order valence-electron chi connectivity index (χ1n) is 10.9. The standard InChI is InChI=1S/C24H29N5O3/c1-25-15-20(30)16-32-21-4-2-3-18(13-21)22-14-23(27-19-7-11-31-12-8-19)29-24(28-22)17-5-9-26-10-6-17/h2-6,9-10,13-14,19-20,25,30H,7-8,11-12,15-16H2,1H3,(H,27,28,29). The summed E-state index contributed by atoms with van der Waals surface area (Å²) in [6, 6.07) is 13.8. The van der Waals surface area contributed by atoms with Crippen LogP contribution < -0.4 is 15.4 Å². The Morgan fingerprint density at radius 2 is 1.91 bits per heavy atom. The molecule has 3 N–H and O–H groups in total. The van der Waals surface area contributed by atoms with E-state index in [0.29, 0.717) is 24.2 Å². The topological polar surface area (TPSA) is 101 Å². The Morgan fingerprint density at radius 3 is 2.69 bits per heavy atom. The third kappa shape index (κ3) is 6.00. The second-order valence-electron chi connectivity index (χ2n) is 7.78. The second-order valence-corrected chi connectivity index (χ2v) is 7.78. The van der Waals surface area contributed by atoms with E-state index in [0.717, 1.165) is 48.7 Å². The van der Waals surface area contributed by atoms with Crippen LogP contribution in [0.25, 0.3) is 22.6 Å². The van der Waals surface area contributed by atoms with Gasteiger partial charge in [0, 0.05) is 55.4 Å². The van der Waals surface area contributed by atoms with Crippen LogP contribution in [0.3, 0.4) is 0 Å². The normalized spacial score (nSPS) is 15.3. The SMILES string of the molecule is CNCC(O)COc1cccc(-c2cc(NC3CCOCC3)nc(-c3ccncc3)n2)c1. The van der Waals surface area contributed by atoms with Gasteiger partial charge in [-0.05, 0) is 44.2 Å². The summed E-state index contributed by atoms with van der Waals surface area (Å²) in [5.74, 6) is 2.10. The third-order valence-electron chi connectivity index (χ3n) is 5.25. The number of hydrogen-bond donors (Lipinski definition) is 3. The first-order chi connectivity index (χ1) is 15.7. The van der Waals surface area contributed by atoms with Crippen LogP contribution >= 0.6 is 0 Å². The first kappa shape index (κ1) is 22.1. The number of nitrogens with one attached hydrogen (secondary N) is 2. The minimum absolute atomic E-state index is 0.215. The Labute approximate surface area is 188 Å². The zero-order valence-electron chi connectivity index (χ0n) is 18.2. The van der Waals surface area contributed by atoms with E-state index >= 15 is 0 Å². The summed E-state index contributed by atoms with van der Waals surface area (Å²) in [7, 11) is 1.80. The Bertz CT molecular complexity index is 996. The molecule has 168 valence electrons. The van der Waals surface area contributed by atoms with E-state index in [1.54, 1.807) is 19.4 Å². The fraction of sp³-hybridized carbons (Fsp3) is 0.375. The molecular formula is C24H29N5O3. The number of anilines is 1. The van der Waals surface area contributed by atoms with Crippen molar-refractivity contribution < 1.29 is 14.6 Å². The quantitative estimate of drug-likeness (QED) is 0.472. The van der Waals surface area contributed by atoms with Crippen LogP contribution in [0.5, 0.6) is 5.75 Å². The third-order valence-corrected chi connectivity index (χ3v) is 5.25. The number of pyridine rings is 1. The number of aliphatic hydroxyl groups is 1. The molecule has 0 bridgehead atoms. The molecule has 2 aromatic heterocycles. The molecule has 8 nitrogen and oxygen atoms in total. The number of nitrogens with zero attached hydrogens (tertiary/aromatic N) is 3. The fourth-order valence-corrected chi connectivity index (χ4v) is 3.58. The lowest BCUT2D eigenvalue weighted by atomic mass is 10.1. The van der Waals surface area contributed by atoms with Crippen LogP contribution in [0.1, 0.15) is 12.8 Å². The molecular weight excluding hydrogens is 406 g/mol. The van der Waals surface area contributed by atoms with Crippen molar-refractivity contribution in [2.75, 3.05) is 38.7 Å². The van der Waals surface area contributed by atoms with Gasteiger partial charge in [-0.3, -0.25) is 4.98 Å². The van der Waals surface area contributed by atoms with Gasteiger partial charge in [0.05, 0.1) is 5.69 Å².